The molecule has 1 aliphatic heterocycles. The number of nitrogens with zero attached hydrogens (tertiary/aromatic N) is 1. The topological polar surface area (TPSA) is 49.8 Å². The van der Waals surface area contributed by atoms with Crippen molar-refractivity contribution in [3.05, 3.63) is 101 Å². The monoisotopic (exact) mass is 435 g/mol. The van der Waals surface area contributed by atoms with Gasteiger partial charge in [0.25, 0.3) is 0 Å². The quantitative estimate of drug-likeness (QED) is 0.516. The number of benzene rings is 3. The van der Waals surface area contributed by atoms with Crippen LogP contribution in [0, 0.1) is 0 Å². The lowest BCUT2D eigenvalue weighted by Crippen LogP contribution is -2.40. The molecule has 0 spiro atoms. The second-order valence-electron chi connectivity index (χ2n) is 7.94. The van der Waals surface area contributed by atoms with E-state index in [9.17, 15) is 4.79 Å². The molecule has 4 rings (SSSR count). The van der Waals surface area contributed by atoms with E-state index in [1.54, 1.807) is 6.07 Å². The van der Waals surface area contributed by atoms with E-state index in [2.05, 4.69) is 65.6 Å². The van der Waals surface area contributed by atoms with Gasteiger partial charge >= 0.3 is 5.97 Å². The van der Waals surface area contributed by atoms with Gasteiger partial charge in [0.1, 0.15) is 11.9 Å². The lowest BCUT2D eigenvalue weighted by molar-refractivity contribution is 0.0696. The molecule has 0 radical (unpaired) electrons. The molecule has 0 unspecified atom stereocenters. The number of rotatable bonds is 7. The summed E-state index contributed by atoms with van der Waals surface area (Å²) >= 11 is 6.23. The van der Waals surface area contributed by atoms with Crippen molar-refractivity contribution in [3.8, 4) is 5.75 Å². The molecule has 31 heavy (non-hydrogen) atoms. The molecule has 3 aromatic rings. The summed E-state index contributed by atoms with van der Waals surface area (Å²) in [6.45, 7) is 2.87. The summed E-state index contributed by atoms with van der Waals surface area (Å²) in [5, 5.41) is 9.43. The lowest BCUT2D eigenvalue weighted by Gasteiger charge is -2.34. The summed E-state index contributed by atoms with van der Waals surface area (Å²) in [6.07, 6.45) is 1.90. The summed E-state index contributed by atoms with van der Waals surface area (Å²) in [5.41, 5.74) is 2.83. The standard InChI is InChI=1S/C26H26ClNO3/c27-24-17-21(26(29)30)11-12-25(24)31-22-13-15-28(16-14-22)18-23(19-7-3-1-4-8-19)20-9-5-2-6-10-20/h1-12,17,22-23H,13-16,18H2,(H,29,30). The molecule has 1 saturated heterocycles. The summed E-state index contributed by atoms with van der Waals surface area (Å²) in [5.74, 6) is -0.109. The molecule has 5 heteroatoms. The van der Waals surface area contributed by atoms with Crippen LogP contribution in [-0.2, 0) is 0 Å². The van der Waals surface area contributed by atoms with Crippen molar-refractivity contribution in [3.63, 3.8) is 0 Å². The Kier molecular flexibility index (Phi) is 6.90. The van der Waals surface area contributed by atoms with Crippen LogP contribution in [0.5, 0.6) is 5.75 Å². The second-order valence-corrected chi connectivity index (χ2v) is 8.35. The van der Waals surface area contributed by atoms with Crippen LogP contribution in [-0.4, -0.2) is 41.7 Å². The Labute approximate surface area is 188 Å². The molecule has 4 nitrogen and oxygen atoms in total. The first-order valence-electron chi connectivity index (χ1n) is 10.6. The van der Waals surface area contributed by atoms with E-state index >= 15 is 0 Å². The average Bonchev–Trinajstić information content (AvgIpc) is 2.81. The van der Waals surface area contributed by atoms with Crippen molar-refractivity contribution in [1.82, 2.24) is 4.90 Å². The number of carbonyl (C=O) groups is 1. The number of aromatic carboxylic acids is 1. The van der Waals surface area contributed by atoms with E-state index in [1.807, 2.05) is 0 Å². The molecular weight excluding hydrogens is 410 g/mol. The van der Waals surface area contributed by atoms with Crippen molar-refractivity contribution in [2.45, 2.75) is 24.9 Å². The molecule has 1 N–H and O–H groups in total. The number of hydrogen-bond donors (Lipinski definition) is 1. The van der Waals surface area contributed by atoms with Crippen LogP contribution in [0.1, 0.15) is 40.2 Å². The molecule has 0 saturated carbocycles. The minimum absolute atomic E-state index is 0.0799. The van der Waals surface area contributed by atoms with Gasteiger partial charge in [0.15, 0.2) is 0 Å². The smallest absolute Gasteiger partial charge is 0.335 e. The fourth-order valence-corrected chi connectivity index (χ4v) is 4.38. The van der Waals surface area contributed by atoms with Crippen molar-refractivity contribution in [2.75, 3.05) is 19.6 Å². The van der Waals surface area contributed by atoms with E-state index in [0.717, 1.165) is 32.5 Å². The van der Waals surface area contributed by atoms with Crippen LogP contribution in [0.2, 0.25) is 5.02 Å². The third kappa shape index (κ3) is 5.46. The highest BCUT2D eigenvalue weighted by Crippen LogP contribution is 2.30. The third-order valence-corrected chi connectivity index (χ3v) is 6.15. The Morgan fingerprint density at radius 3 is 2.06 bits per heavy atom. The number of carboxylic acids is 1. The van der Waals surface area contributed by atoms with Gasteiger partial charge in [-0.25, -0.2) is 4.79 Å². The summed E-state index contributed by atoms with van der Waals surface area (Å²) < 4.78 is 6.09. The zero-order valence-electron chi connectivity index (χ0n) is 17.3. The van der Waals surface area contributed by atoms with Crippen molar-refractivity contribution >= 4 is 17.6 Å². The van der Waals surface area contributed by atoms with Crippen molar-refractivity contribution in [2.24, 2.45) is 0 Å². The minimum Gasteiger partial charge on any atom is -0.489 e. The Morgan fingerprint density at radius 1 is 0.968 bits per heavy atom. The highest BCUT2D eigenvalue weighted by atomic mass is 35.5. The second kappa shape index (κ2) is 9.99. The van der Waals surface area contributed by atoms with Crippen LogP contribution < -0.4 is 4.74 Å². The molecule has 1 fully saturated rings. The fourth-order valence-electron chi connectivity index (χ4n) is 4.15. The van der Waals surface area contributed by atoms with E-state index in [-0.39, 0.29) is 11.7 Å². The van der Waals surface area contributed by atoms with Gasteiger partial charge in [0.05, 0.1) is 10.6 Å². The largest absolute Gasteiger partial charge is 0.489 e. The summed E-state index contributed by atoms with van der Waals surface area (Å²) in [7, 11) is 0. The van der Waals surface area contributed by atoms with Crippen molar-refractivity contribution < 1.29 is 14.6 Å². The minimum atomic E-state index is -0.992. The first-order valence-corrected chi connectivity index (χ1v) is 11.0. The number of carboxylic acid groups (broad SMARTS) is 1. The first-order chi connectivity index (χ1) is 15.1. The highest BCUT2D eigenvalue weighted by Gasteiger charge is 2.25. The van der Waals surface area contributed by atoms with Gasteiger partial charge in [-0.05, 0) is 42.2 Å². The third-order valence-electron chi connectivity index (χ3n) is 5.85. The molecule has 1 aliphatic rings. The first kappa shape index (κ1) is 21.4. The molecular formula is C26H26ClNO3. The number of piperidine rings is 1. The Hall–Kier alpha value is -2.82. The van der Waals surface area contributed by atoms with Crippen LogP contribution in [0.25, 0.3) is 0 Å². The van der Waals surface area contributed by atoms with Crippen LogP contribution in [0.3, 0.4) is 0 Å². The molecule has 160 valence electrons. The lowest BCUT2D eigenvalue weighted by atomic mass is 9.90. The van der Waals surface area contributed by atoms with E-state index in [4.69, 9.17) is 21.4 Å². The molecule has 0 bridgehead atoms. The van der Waals surface area contributed by atoms with E-state index in [1.165, 1.54) is 23.3 Å². The molecule has 0 aliphatic carbocycles. The molecule has 3 aromatic carbocycles. The van der Waals surface area contributed by atoms with Crippen molar-refractivity contribution in [1.29, 1.82) is 0 Å². The number of ether oxygens (including phenoxy) is 1. The zero-order valence-corrected chi connectivity index (χ0v) is 18.0. The fraction of sp³-hybridized carbons (Fsp3) is 0.269. The van der Waals surface area contributed by atoms with Gasteiger partial charge in [-0.2, -0.15) is 0 Å². The predicted molar refractivity (Wildman–Crippen MR) is 123 cm³/mol. The van der Waals surface area contributed by atoms with Crippen LogP contribution in [0.4, 0.5) is 0 Å². The van der Waals surface area contributed by atoms with Gasteiger partial charge in [-0.3, -0.25) is 0 Å². The summed E-state index contributed by atoms with van der Waals surface area (Å²) in [4.78, 5) is 13.6. The van der Waals surface area contributed by atoms with Gasteiger partial charge in [0, 0.05) is 25.6 Å². The Morgan fingerprint density at radius 2 is 1.55 bits per heavy atom. The Balaban J connectivity index is 1.38. The van der Waals surface area contributed by atoms with Gasteiger partial charge in [-0.1, -0.05) is 72.3 Å². The predicted octanol–water partition coefficient (Wildman–Crippen LogP) is 5.71. The maximum Gasteiger partial charge on any atom is 0.335 e. The van der Waals surface area contributed by atoms with Gasteiger partial charge < -0.3 is 14.7 Å². The summed E-state index contributed by atoms with van der Waals surface area (Å²) in [6, 6.07) is 26.0. The molecule has 0 amide bonds. The molecule has 1 heterocycles. The van der Waals surface area contributed by atoms with Crippen LogP contribution in [0.15, 0.2) is 78.9 Å². The van der Waals surface area contributed by atoms with Crippen LogP contribution >= 0.6 is 11.6 Å². The van der Waals surface area contributed by atoms with Gasteiger partial charge in [-0.15, -0.1) is 0 Å². The van der Waals surface area contributed by atoms with E-state index in [0.29, 0.717) is 16.7 Å². The number of hydrogen-bond acceptors (Lipinski definition) is 3. The average molecular weight is 436 g/mol. The Bertz CT molecular complexity index is 962. The maximum atomic E-state index is 11.1. The van der Waals surface area contributed by atoms with Gasteiger partial charge in [0.2, 0.25) is 0 Å². The molecule has 0 aromatic heterocycles. The SMILES string of the molecule is O=C(O)c1ccc(OC2CCN(CC(c3ccccc3)c3ccccc3)CC2)c(Cl)c1. The zero-order chi connectivity index (χ0) is 21.6. The van der Waals surface area contributed by atoms with E-state index < -0.39 is 5.97 Å². The number of likely N-dealkylation sites (tertiary alicyclic amines) is 1. The maximum absolute atomic E-state index is 11.1. The highest BCUT2D eigenvalue weighted by molar-refractivity contribution is 6.32. The number of halogens is 1. The normalized spacial score (nSPS) is 15.2. The molecule has 0 atom stereocenters.